The lowest BCUT2D eigenvalue weighted by Crippen LogP contribution is -1.92. The van der Waals surface area contributed by atoms with Gasteiger partial charge in [0.05, 0.1) is 5.69 Å². The van der Waals surface area contributed by atoms with E-state index in [0.717, 1.165) is 0 Å². The lowest BCUT2D eigenvalue weighted by Gasteiger charge is -1.97. The van der Waals surface area contributed by atoms with Crippen LogP contribution in [0.1, 0.15) is 19.5 Å². The first-order valence-corrected chi connectivity index (χ1v) is 4.13. The molecule has 0 fully saturated rings. The van der Waals surface area contributed by atoms with E-state index in [1.54, 1.807) is 32.2 Å². The van der Waals surface area contributed by atoms with Crippen LogP contribution < -0.4 is 5.73 Å². The minimum absolute atomic E-state index is 0.429. The first-order chi connectivity index (χ1) is 6.72. The van der Waals surface area contributed by atoms with Crippen LogP contribution in [0.4, 0.5) is 5.82 Å². The molecule has 0 saturated heterocycles. The number of nitrogens with zero attached hydrogens (tertiary/aromatic N) is 3. The van der Waals surface area contributed by atoms with E-state index in [4.69, 9.17) is 10.6 Å². The normalized spacial score (nSPS) is 12.0. The number of nitrogen functional groups attached to an aromatic ring is 1. The van der Waals surface area contributed by atoms with Crippen molar-refractivity contribution >= 4 is 18.1 Å². The predicted octanol–water partition coefficient (Wildman–Crippen LogP) is 1.44. The average molecular weight is 192 g/mol. The average Bonchev–Trinajstić information content (AvgIpc) is 2.15. The Hall–Kier alpha value is -1.91. The van der Waals surface area contributed by atoms with Gasteiger partial charge < -0.3 is 10.6 Å². The highest BCUT2D eigenvalue weighted by atomic mass is 16.6. The number of anilines is 1. The summed E-state index contributed by atoms with van der Waals surface area (Å²) < 4.78 is 0. The molecule has 0 aliphatic heterocycles. The van der Waals surface area contributed by atoms with E-state index in [0.29, 0.717) is 17.3 Å². The molecule has 0 aliphatic rings. The number of hydrogen-bond donors (Lipinski definition) is 1. The van der Waals surface area contributed by atoms with Crippen LogP contribution in [0, 0.1) is 0 Å². The third-order valence-corrected chi connectivity index (χ3v) is 1.36. The van der Waals surface area contributed by atoms with Gasteiger partial charge in [-0.15, -0.1) is 0 Å². The van der Waals surface area contributed by atoms with Crippen LogP contribution in [0.2, 0.25) is 0 Å². The minimum atomic E-state index is 0.429. The van der Waals surface area contributed by atoms with Gasteiger partial charge in [-0.2, -0.15) is 0 Å². The van der Waals surface area contributed by atoms with Gasteiger partial charge in [-0.05, 0) is 13.8 Å². The molecule has 0 bridgehead atoms. The molecule has 1 aromatic rings. The number of allylic oxidation sites excluding steroid dienone is 1. The highest BCUT2D eigenvalue weighted by Crippen LogP contribution is 2.06. The van der Waals surface area contributed by atoms with E-state index in [1.807, 2.05) is 0 Å². The Morgan fingerprint density at radius 3 is 3.00 bits per heavy atom. The fourth-order valence-corrected chi connectivity index (χ4v) is 0.838. The van der Waals surface area contributed by atoms with Gasteiger partial charge in [0.25, 0.3) is 0 Å². The van der Waals surface area contributed by atoms with Crippen LogP contribution in [0.3, 0.4) is 0 Å². The maximum Gasteiger partial charge on any atom is 0.134 e. The van der Waals surface area contributed by atoms with Gasteiger partial charge in [0.15, 0.2) is 0 Å². The summed E-state index contributed by atoms with van der Waals surface area (Å²) in [5, 5.41) is 3.62. The van der Waals surface area contributed by atoms with Crippen molar-refractivity contribution in [3.05, 3.63) is 23.8 Å². The molecule has 5 heteroatoms. The summed E-state index contributed by atoms with van der Waals surface area (Å²) in [7, 11) is 0. The van der Waals surface area contributed by atoms with Crippen molar-refractivity contribution in [3.63, 3.8) is 0 Å². The van der Waals surface area contributed by atoms with Crippen molar-refractivity contribution in [3.8, 4) is 0 Å². The first-order valence-electron chi connectivity index (χ1n) is 4.13. The highest BCUT2D eigenvalue weighted by molar-refractivity contribution is 5.53. The Morgan fingerprint density at radius 2 is 2.36 bits per heavy atom. The van der Waals surface area contributed by atoms with Crippen LogP contribution in [-0.2, 0) is 4.84 Å². The summed E-state index contributed by atoms with van der Waals surface area (Å²) in [6.07, 6.45) is 4.69. The Morgan fingerprint density at radius 1 is 1.57 bits per heavy atom. The maximum atomic E-state index is 5.48. The van der Waals surface area contributed by atoms with Gasteiger partial charge in [0.2, 0.25) is 0 Å². The van der Waals surface area contributed by atoms with E-state index in [-0.39, 0.29) is 0 Å². The van der Waals surface area contributed by atoms with Crippen LogP contribution in [0.5, 0.6) is 0 Å². The molecule has 74 valence electrons. The van der Waals surface area contributed by atoms with Crippen molar-refractivity contribution in [2.75, 3.05) is 5.73 Å². The van der Waals surface area contributed by atoms with E-state index < -0.39 is 0 Å². The third-order valence-electron chi connectivity index (χ3n) is 1.36. The van der Waals surface area contributed by atoms with Crippen LogP contribution in [0.15, 0.2) is 23.3 Å². The van der Waals surface area contributed by atoms with Gasteiger partial charge in [0.1, 0.15) is 17.9 Å². The maximum absolute atomic E-state index is 5.48. The lowest BCUT2D eigenvalue weighted by atomic mass is 10.3. The number of oxime groups is 1. The molecule has 1 rings (SSSR count). The quantitative estimate of drug-likeness (QED) is 0.446. The Bertz CT molecular complexity index is 360. The molecule has 5 nitrogen and oxygen atoms in total. The first kappa shape index (κ1) is 10.2. The summed E-state index contributed by atoms with van der Waals surface area (Å²) in [5.41, 5.74) is 6.18. The van der Waals surface area contributed by atoms with Crippen molar-refractivity contribution in [2.45, 2.75) is 13.8 Å². The molecule has 0 radical (unpaired) electrons. The van der Waals surface area contributed by atoms with Gasteiger partial charge in [0, 0.05) is 18.4 Å². The fourth-order valence-electron chi connectivity index (χ4n) is 0.838. The molecule has 14 heavy (non-hydrogen) atoms. The zero-order valence-electron chi connectivity index (χ0n) is 8.14. The van der Waals surface area contributed by atoms with Crippen molar-refractivity contribution in [2.24, 2.45) is 5.16 Å². The second kappa shape index (κ2) is 4.96. The summed E-state index contributed by atoms with van der Waals surface area (Å²) in [4.78, 5) is 12.7. The Labute approximate surface area is 82.3 Å². The van der Waals surface area contributed by atoms with Gasteiger partial charge in [-0.3, -0.25) is 0 Å². The molecule has 0 saturated carbocycles. The molecule has 0 spiro atoms. The van der Waals surface area contributed by atoms with Crippen LogP contribution >= 0.6 is 0 Å². The lowest BCUT2D eigenvalue weighted by molar-refractivity contribution is 0.234. The second-order valence-corrected chi connectivity index (χ2v) is 2.58. The van der Waals surface area contributed by atoms with Crippen molar-refractivity contribution in [1.29, 1.82) is 0 Å². The fraction of sp³-hybridized carbons (Fsp3) is 0.222. The molecule has 1 aromatic heterocycles. The molecule has 0 amide bonds. The van der Waals surface area contributed by atoms with Crippen LogP contribution in [-0.4, -0.2) is 16.2 Å². The van der Waals surface area contributed by atoms with E-state index in [9.17, 15) is 0 Å². The van der Waals surface area contributed by atoms with E-state index in [2.05, 4.69) is 15.1 Å². The number of hydrogen-bond acceptors (Lipinski definition) is 5. The summed E-state index contributed by atoms with van der Waals surface area (Å²) in [6, 6.07) is 1.66. The zero-order valence-corrected chi connectivity index (χ0v) is 8.14. The Kier molecular flexibility index (Phi) is 3.60. The zero-order chi connectivity index (χ0) is 10.4. The second-order valence-electron chi connectivity index (χ2n) is 2.58. The molecule has 0 aromatic carbocycles. The molecule has 1 heterocycles. The standard InChI is InChI=1S/C9H12N4O/c1-3-13-14-7(2)4-8-5-9(10)12-6-11-8/h3-6H,1-2H3,(H2,10,11,12)/b7-4+,13-3+. The smallest absolute Gasteiger partial charge is 0.134 e. The molecule has 0 aliphatic carbocycles. The number of nitrogens with two attached hydrogens (primary N) is 1. The molecular formula is C9H12N4O. The third kappa shape index (κ3) is 3.22. The van der Waals surface area contributed by atoms with E-state index >= 15 is 0 Å². The van der Waals surface area contributed by atoms with Gasteiger partial charge in [-0.1, -0.05) is 5.16 Å². The minimum Gasteiger partial charge on any atom is -0.384 e. The van der Waals surface area contributed by atoms with E-state index in [1.165, 1.54) is 6.33 Å². The summed E-state index contributed by atoms with van der Waals surface area (Å²) in [6.45, 7) is 3.56. The summed E-state index contributed by atoms with van der Waals surface area (Å²) in [5.74, 6) is 1.07. The van der Waals surface area contributed by atoms with Crippen molar-refractivity contribution < 1.29 is 4.84 Å². The Balaban J connectivity index is 2.75. The molecular weight excluding hydrogens is 180 g/mol. The monoisotopic (exact) mass is 192 g/mol. The molecule has 0 unspecified atom stereocenters. The largest absolute Gasteiger partial charge is 0.384 e. The topological polar surface area (TPSA) is 73.4 Å². The van der Waals surface area contributed by atoms with Gasteiger partial charge >= 0.3 is 0 Å². The highest BCUT2D eigenvalue weighted by Gasteiger charge is 1.94. The number of aromatic nitrogens is 2. The van der Waals surface area contributed by atoms with Gasteiger partial charge in [-0.25, -0.2) is 9.97 Å². The van der Waals surface area contributed by atoms with Crippen LogP contribution in [0.25, 0.3) is 6.08 Å². The molecule has 0 atom stereocenters. The molecule has 2 N–H and O–H groups in total. The SMILES string of the molecule is C/C=N/O/C(C)=C/c1cc(N)ncn1. The number of rotatable bonds is 3. The summed E-state index contributed by atoms with van der Waals surface area (Å²) >= 11 is 0. The van der Waals surface area contributed by atoms with Crippen molar-refractivity contribution in [1.82, 2.24) is 9.97 Å². The predicted molar refractivity (Wildman–Crippen MR) is 55.3 cm³/mol.